The molecule has 0 aromatic rings. The van der Waals surface area contributed by atoms with Gasteiger partial charge in [0.1, 0.15) is 24.4 Å². The zero-order valence-electron chi connectivity index (χ0n) is 16.7. The first-order chi connectivity index (χ1) is 14.7. The van der Waals surface area contributed by atoms with Crippen molar-refractivity contribution in [2.75, 3.05) is 20.8 Å². The van der Waals surface area contributed by atoms with E-state index in [1.807, 2.05) is 0 Å². The Bertz CT molecular complexity index is 709. The molecule has 2 aliphatic heterocycles. The minimum atomic E-state index is -1.77. The van der Waals surface area contributed by atoms with Crippen molar-refractivity contribution in [1.82, 2.24) is 0 Å². The Balaban J connectivity index is 1.93. The minimum Gasteiger partial charge on any atom is -0.472 e. The van der Waals surface area contributed by atoms with E-state index >= 15 is 0 Å². The Morgan fingerprint density at radius 2 is 1.61 bits per heavy atom. The van der Waals surface area contributed by atoms with E-state index in [0.717, 1.165) is 20.5 Å². The average molecular weight is 450 g/mol. The molecular formula is C18H26O13. The Kier molecular flexibility index (Phi) is 7.18. The standard InChI is InChI=1S/C18H26O13/c1-27-15(25)5-4-29-17(8-7(5)11(21)12(22)9(8)16(26)28-2)31-18-14(24)13(23)10(20)6(3-19)30-18/h4,6-14,17-24H,3H2,1-2H3/t6-,7-,8+,9-,10-,11?,12-,13+,14-,17+,18+/m1/s1. The molecule has 1 aliphatic carbocycles. The van der Waals surface area contributed by atoms with E-state index in [1.54, 1.807) is 0 Å². The van der Waals surface area contributed by atoms with E-state index in [2.05, 4.69) is 4.74 Å². The highest BCUT2D eigenvalue weighted by Crippen LogP contribution is 2.48. The number of carbonyl (C=O) groups excluding carboxylic acids is 2. The fourth-order valence-electron chi connectivity index (χ4n) is 4.31. The molecule has 11 atom stereocenters. The minimum absolute atomic E-state index is 0.154. The zero-order chi connectivity index (χ0) is 23.0. The summed E-state index contributed by atoms with van der Waals surface area (Å²) in [5.74, 6) is -5.48. The number of esters is 2. The van der Waals surface area contributed by atoms with Crippen molar-refractivity contribution in [3.8, 4) is 0 Å². The van der Waals surface area contributed by atoms with Crippen LogP contribution in [0.3, 0.4) is 0 Å². The number of carbonyl (C=O) groups is 2. The Labute approximate surface area is 176 Å². The molecule has 0 aromatic carbocycles. The molecule has 1 saturated heterocycles. The summed E-state index contributed by atoms with van der Waals surface area (Å²) in [6, 6.07) is 0. The maximum atomic E-state index is 12.3. The summed E-state index contributed by atoms with van der Waals surface area (Å²) in [5.41, 5.74) is -0.154. The molecule has 31 heavy (non-hydrogen) atoms. The monoisotopic (exact) mass is 450 g/mol. The highest BCUT2D eigenvalue weighted by atomic mass is 16.8. The van der Waals surface area contributed by atoms with Gasteiger partial charge in [-0.3, -0.25) is 4.79 Å². The van der Waals surface area contributed by atoms with E-state index in [9.17, 15) is 40.2 Å². The molecule has 0 aromatic heterocycles. The first-order valence-corrected chi connectivity index (χ1v) is 9.51. The average Bonchev–Trinajstić information content (AvgIpc) is 3.04. The number of rotatable bonds is 5. The molecule has 13 nitrogen and oxygen atoms in total. The van der Waals surface area contributed by atoms with Crippen LogP contribution in [0.4, 0.5) is 0 Å². The molecule has 1 saturated carbocycles. The second-order valence-electron chi connectivity index (χ2n) is 7.54. The molecular weight excluding hydrogens is 424 g/mol. The van der Waals surface area contributed by atoms with Crippen molar-refractivity contribution >= 4 is 11.9 Å². The fourth-order valence-corrected chi connectivity index (χ4v) is 4.31. The highest BCUT2D eigenvalue weighted by Gasteiger charge is 2.61. The number of ether oxygens (including phenoxy) is 5. The van der Waals surface area contributed by atoms with Gasteiger partial charge in [0, 0.05) is 11.8 Å². The quantitative estimate of drug-likeness (QED) is 0.221. The van der Waals surface area contributed by atoms with Crippen LogP contribution in [0, 0.1) is 17.8 Å². The molecule has 2 heterocycles. The van der Waals surface area contributed by atoms with Gasteiger partial charge in [-0.15, -0.1) is 0 Å². The van der Waals surface area contributed by atoms with Crippen molar-refractivity contribution in [2.45, 2.75) is 49.2 Å². The van der Waals surface area contributed by atoms with Crippen LogP contribution in [0.2, 0.25) is 0 Å². The maximum absolute atomic E-state index is 12.3. The third-order valence-corrected chi connectivity index (χ3v) is 5.93. The Morgan fingerprint density at radius 3 is 2.19 bits per heavy atom. The topological polar surface area (TPSA) is 202 Å². The second-order valence-corrected chi connectivity index (χ2v) is 7.54. The maximum Gasteiger partial charge on any atom is 0.337 e. The smallest absolute Gasteiger partial charge is 0.337 e. The zero-order valence-corrected chi connectivity index (χ0v) is 16.7. The third-order valence-electron chi connectivity index (χ3n) is 5.93. The lowest BCUT2D eigenvalue weighted by Gasteiger charge is -2.43. The van der Waals surface area contributed by atoms with E-state index in [0.29, 0.717) is 0 Å². The van der Waals surface area contributed by atoms with Gasteiger partial charge < -0.3 is 54.3 Å². The van der Waals surface area contributed by atoms with Crippen LogP contribution in [0.25, 0.3) is 0 Å². The lowest BCUT2D eigenvalue weighted by molar-refractivity contribution is -0.342. The normalized spacial score (nSPS) is 44.6. The fraction of sp³-hybridized carbons (Fsp3) is 0.778. The van der Waals surface area contributed by atoms with E-state index in [4.69, 9.17) is 18.9 Å². The van der Waals surface area contributed by atoms with Gasteiger partial charge in [-0.05, 0) is 0 Å². The van der Waals surface area contributed by atoms with Crippen LogP contribution in [0.1, 0.15) is 0 Å². The van der Waals surface area contributed by atoms with Crippen molar-refractivity contribution in [1.29, 1.82) is 0 Å². The molecule has 3 rings (SSSR count). The first-order valence-electron chi connectivity index (χ1n) is 9.51. The summed E-state index contributed by atoms with van der Waals surface area (Å²) >= 11 is 0. The summed E-state index contributed by atoms with van der Waals surface area (Å²) in [6.45, 7) is -0.697. The molecule has 0 spiro atoms. The molecule has 3 aliphatic rings. The van der Waals surface area contributed by atoms with Crippen LogP contribution in [-0.4, -0.2) is 113 Å². The molecule has 0 bridgehead atoms. The first kappa shape index (κ1) is 23.8. The highest BCUT2D eigenvalue weighted by molar-refractivity contribution is 5.89. The molecule has 13 heteroatoms. The van der Waals surface area contributed by atoms with Crippen LogP contribution in [0.15, 0.2) is 11.8 Å². The summed E-state index contributed by atoms with van der Waals surface area (Å²) in [4.78, 5) is 24.5. The Hall–Kier alpha value is -1.84. The van der Waals surface area contributed by atoms with Gasteiger partial charge in [-0.25, -0.2) is 4.79 Å². The molecule has 0 amide bonds. The number of hydrogen-bond donors (Lipinski definition) is 6. The second kappa shape index (κ2) is 9.34. The number of aliphatic hydroxyl groups is 6. The van der Waals surface area contributed by atoms with Crippen molar-refractivity contribution < 1.29 is 63.9 Å². The van der Waals surface area contributed by atoms with Crippen LogP contribution in [0.5, 0.6) is 0 Å². The van der Waals surface area contributed by atoms with E-state index in [1.165, 1.54) is 0 Å². The van der Waals surface area contributed by atoms with Crippen molar-refractivity contribution in [3.05, 3.63) is 11.8 Å². The third kappa shape index (κ3) is 4.03. The molecule has 0 radical (unpaired) electrons. The molecule has 176 valence electrons. The SMILES string of the molecule is COC(=O)C1=CO[C@@H](O[C@@H]2O[C@H](CO)[C@@H](O)[C@H](O)[C@H]2O)[C@@H]2[C@@H](C(=O)OC)[C@@H](O)C(O)[C@H]12. The van der Waals surface area contributed by atoms with Crippen LogP contribution in [-0.2, 0) is 33.3 Å². The van der Waals surface area contributed by atoms with Gasteiger partial charge in [-0.2, -0.15) is 0 Å². The van der Waals surface area contributed by atoms with E-state index < -0.39 is 85.5 Å². The summed E-state index contributed by atoms with van der Waals surface area (Å²) < 4.78 is 25.7. The van der Waals surface area contributed by atoms with E-state index in [-0.39, 0.29) is 5.57 Å². The number of aliphatic hydroxyl groups excluding tert-OH is 6. The van der Waals surface area contributed by atoms with Gasteiger partial charge >= 0.3 is 11.9 Å². The van der Waals surface area contributed by atoms with Gasteiger partial charge in [0.15, 0.2) is 6.29 Å². The van der Waals surface area contributed by atoms with Crippen LogP contribution >= 0.6 is 0 Å². The molecule has 1 unspecified atom stereocenters. The predicted molar refractivity (Wildman–Crippen MR) is 94.3 cm³/mol. The van der Waals surface area contributed by atoms with Gasteiger partial charge in [0.25, 0.3) is 0 Å². The van der Waals surface area contributed by atoms with Gasteiger partial charge in [0.2, 0.25) is 6.29 Å². The molecule has 2 fully saturated rings. The summed E-state index contributed by atoms with van der Waals surface area (Å²) in [7, 11) is 2.17. The number of hydrogen-bond acceptors (Lipinski definition) is 13. The van der Waals surface area contributed by atoms with Crippen LogP contribution < -0.4 is 0 Å². The van der Waals surface area contributed by atoms with Gasteiger partial charge in [0.05, 0.1) is 50.8 Å². The summed E-state index contributed by atoms with van der Waals surface area (Å²) in [6.07, 6.45) is -11.7. The predicted octanol–water partition coefficient (Wildman–Crippen LogP) is -4.03. The Morgan fingerprint density at radius 1 is 0.935 bits per heavy atom. The summed E-state index contributed by atoms with van der Waals surface area (Å²) in [5, 5.41) is 60.4. The largest absolute Gasteiger partial charge is 0.472 e. The van der Waals surface area contributed by atoms with Gasteiger partial charge in [-0.1, -0.05) is 0 Å². The number of fused-ring (bicyclic) bond motifs is 1. The van der Waals surface area contributed by atoms with Crippen molar-refractivity contribution in [3.63, 3.8) is 0 Å². The lowest BCUT2D eigenvalue weighted by atomic mass is 9.82. The lowest BCUT2D eigenvalue weighted by Crippen LogP contribution is -2.60. The molecule has 6 N–H and O–H groups in total. The van der Waals surface area contributed by atoms with Crippen molar-refractivity contribution in [2.24, 2.45) is 17.8 Å². The number of methoxy groups -OCH3 is 2.